The molecular weight excluding hydrogens is 336 g/mol. The number of aromatic nitrogens is 2. The molecule has 9 heteroatoms. The Morgan fingerprint density at radius 3 is 2.84 bits per heavy atom. The molecular formula is C16H15F2N3O4. The lowest BCUT2D eigenvalue weighted by Gasteiger charge is -2.16. The number of hydrogen-bond acceptors (Lipinski definition) is 6. The van der Waals surface area contributed by atoms with Crippen molar-refractivity contribution in [2.24, 2.45) is 0 Å². The Bertz CT molecular complexity index is 856. The number of anilines is 1. The van der Waals surface area contributed by atoms with E-state index in [1.165, 1.54) is 18.2 Å². The summed E-state index contributed by atoms with van der Waals surface area (Å²) in [6.07, 6.45) is 0.601. The lowest BCUT2D eigenvalue weighted by Crippen LogP contribution is -2.29. The first-order valence-electron chi connectivity index (χ1n) is 7.57. The molecule has 1 saturated heterocycles. The van der Waals surface area contributed by atoms with Crippen LogP contribution in [0.1, 0.15) is 29.4 Å². The van der Waals surface area contributed by atoms with E-state index in [0.29, 0.717) is 12.8 Å². The summed E-state index contributed by atoms with van der Waals surface area (Å²) < 4.78 is 38.6. The smallest absolute Gasteiger partial charge is 0.351 e. The maximum absolute atomic E-state index is 13.5. The van der Waals surface area contributed by atoms with E-state index in [4.69, 9.17) is 15.2 Å². The second kappa shape index (κ2) is 6.98. The van der Waals surface area contributed by atoms with Crippen LogP contribution in [0.15, 0.2) is 35.3 Å². The Morgan fingerprint density at radius 1 is 1.32 bits per heavy atom. The number of hydrogen-bond donors (Lipinski definition) is 1. The number of benzene rings is 1. The van der Waals surface area contributed by atoms with Crippen LogP contribution in [0, 0.1) is 11.6 Å². The molecule has 0 saturated carbocycles. The quantitative estimate of drug-likeness (QED) is 0.841. The molecule has 3 rings (SSSR count). The van der Waals surface area contributed by atoms with Gasteiger partial charge in [0.2, 0.25) is 0 Å². The number of carbonyl (C=O) groups excluding carboxylic acids is 1. The van der Waals surface area contributed by atoms with Gasteiger partial charge in [-0.1, -0.05) is 12.1 Å². The van der Waals surface area contributed by atoms with Gasteiger partial charge < -0.3 is 15.2 Å². The molecule has 2 heterocycles. The zero-order valence-corrected chi connectivity index (χ0v) is 13.0. The summed E-state index contributed by atoms with van der Waals surface area (Å²) in [5.41, 5.74) is 4.34. The van der Waals surface area contributed by atoms with E-state index in [9.17, 15) is 18.4 Å². The largest absolute Gasteiger partial charge is 0.459 e. The predicted molar refractivity (Wildman–Crippen MR) is 82.7 cm³/mol. The maximum Gasteiger partial charge on any atom is 0.351 e. The molecule has 25 heavy (non-hydrogen) atoms. The standard InChI is InChI=1S/C16H15F2N3O4/c17-11-4-2-1-3-10(11)15(22)24-8-9-5-6-13(25-9)21-7-12(18)14(19)20-16(21)23/h1-4,7,9,13H,5-6,8H2,(H2,19,20,23)/t9-,13+/m0/s1. The Balaban J connectivity index is 1.61. The Hall–Kier alpha value is -2.81. The molecule has 0 unspecified atom stereocenters. The molecule has 1 aliphatic heterocycles. The first-order valence-corrected chi connectivity index (χ1v) is 7.57. The van der Waals surface area contributed by atoms with E-state index in [1.54, 1.807) is 0 Å². The number of esters is 1. The van der Waals surface area contributed by atoms with E-state index in [0.717, 1.165) is 16.8 Å². The second-order valence-electron chi connectivity index (χ2n) is 5.53. The zero-order valence-electron chi connectivity index (χ0n) is 13.0. The highest BCUT2D eigenvalue weighted by molar-refractivity contribution is 5.89. The average Bonchev–Trinajstić information content (AvgIpc) is 3.05. The molecule has 2 aromatic rings. The van der Waals surface area contributed by atoms with Crippen LogP contribution in [-0.4, -0.2) is 28.2 Å². The third kappa shape index (κ3) is 3.66. The molecule has 0 bridgehead atoms. The highest BCUT2D eigenvalue weighted by Gasteiger charge is 2.29. The SMILES string of the molecule is Nc1nc(=O)n([C@H]2CC[C@@H](COC(=O)c3ccccc3F)O2)cc1F. The Morgan fingerprint density at radius 2 is 2.08 bits per heavy atom. The van der Waals surface area contributed by atoms with Crippen molar-refractivity contribution >= 4 is 11.8 Å². The van der Waals surface area contributed by atoms with Crippen molar-refractivity contribution < 1.29 is 23.0 Å². The van der Waals surface area contributed by atoms with Crippen molar-refractivity contribution in [3.8, 4) is 0 Å². The average molecular weight is 351 g/mol. The van der Waals surface area contributed by atoms with Gasteiger partial charge in [0.1, 0.15) is 18.7 Å². The molecule has 0 radical (unpaired) electrons. The van der Waals surface area contributed by atoms with Gasteiger partial charge >= 0.3 is 11.7 Å². The molecule has 0 spiro atoms. The fourth-order valence-corrected chi connectivity index (χ4v) is 2.55. The number of ether oxygens (including phenoxy) is 2. The first-order chi connectivity index (χ1) is 12.0. The monoisotopic (exact) mass is 351 g/mol. The summed E-state index contributed by atoms with van der Waals surface area (Å²) in [5, 5.41) is 0. The van der Waals surface area contributed by atoms with Crippen LogP contribution in [0.5, 0.6) is 0 Å². The van der Waals surface area contributed by atoms with E-state index < -0.39 is 41.4 Å². The molecule has 1 fully saturated rings. The summed E-state index contributed by atoms with van der Waals surface area (Å²) in [5.74, 6) is -2.78. The molecule has 2 N–H and O–H groups in total. The van der Waals surface area contributed by atoms with Crippen LogP contribution < -0.4 is 11.4 Å². The zero-order chi connectivity index (χ0) is 18.0. The summed E-state index contributed by atoms with van der Waals surface area (Å²) in [4.78, 5) is 27.0. The summed E-state index contributed by atoms with van der Waals surface area (Å²) in [6.45, 7) is -0.108. The fraction of sp³-hybridized carbons (Fsp3) is 0.312. The minimum absolute atomic E-state index is 0.108. The number of rotatable bonds is 4. The van der Waals surface area contributed by atoms with Crippen LogP contribution in [0.25, 0.3) is 0 Å². The molecule has 2 atom stereocenters. The van der Waals surface area contributed by atoms with Gasteiger partial charge in [0.05, 0.1) is 17.9 Å². The maximum atomic E-state index is 13.5. The number of halogens is 2. The van der Waals surface area contributed by atoms with Crippen LogP contribution in [-0.2, 0) is 9.47 Å². The van der Waals surface area contributed by atoms with E-state index >= 15 is 0 Å². The highest BCUT2D eigenvalue weighted by Crippen LogP contribution is 2.27. The lowest BCUT2D eigenvalue weighted by atomic mass is 10.2. The molecule has 0 aliphatic carbocycles. The van der Waals surface area contributed by atoms with E-state index in [2.05, 4.69) is 4.98 Å². The van der Waals surface area contributed by atoms with Crippen molar-refractivity contribution in [3.63, 3.8) is 0 Å². The van der Waals surface area contributed by atoms with Crippen LogP contribution in [0.4, 0.5) is 14.6 Å². The third-order valence-electron chi connectivity index (χ3n) is 3.82. The lowest BCUT2D eigenvalue weighted by molar-refractivity contribution is -0.0343. The number of nitrogens with two attached hydrogens (primary N) is 1. The van der Waals surface area contributed by atoms with Crippen molar-refractivity contribution in [1.82, 2.24) is 9.55 Å². The minimum atomic E-state index is -0.822. The van der Waals surface area contributed by atoms with Crippen molar-refractivity contribution in [2.75, 3.05) is 12.3 Å². The van der Waals surface area contributed by atoms with Gasteiger partial charge in [0.25, 0.3) is 0 Å². The highest BCUT2D eigenvalue weighted by atomic mass is 19.1. The Labute approximate surface area is 141 Å². The van der Waals surface area contributed by atoms with Gasteiger partial charge in [0, 0.05) is 0 Å². The molecule has 1 aliphatic rings. The van der Waals surface area contributed by atoms with Gasteiger partial charge in [-0.05, 0) is 25.0 Å². The minimum Gasteiger partial charge on any atom is -0.459 e. The van der Waals surface area contributed by atoms with Crippen molar-refractivity contribution in [2.45, 2.75) is 25.2 Å². The van der Waals surface area contributed by atoms with Crippen molar-refractivity contribution in [3.05, 3.63) is 58.1 Å². The number of nitrogens with zero attached hydrogens (tertiary/aromatic N) is 2. The molecule has 132 valence electrons. The topological polar surface area (TPSA) is 96.4 Å². The number of nitrogen functional groups attached to an aromatic ring is 1. The third-order valence-corrected chi connectivity index (χ3v) is 3.82. The van der Waals surface area contributed by atoms with Gasteiger partial charge in [-0.3, -0.25) is 4.57 Å². The fourth-order valence-electron chi connectivity index (χ4n) is 2.55. The first kappa shape index (κ1) is 17.0. The van der Waals surface area contributed by atoms with Crippen LogP contribution in [0.3, 0.4) is 0 Å². The van der Waals surface area contributed by atoms with Crippen LogP contribution in [0.2, 0.25) is 0 Å². The van der Waals surface area contributed by atoms with E-state index in [1.807, 2.05) is 0 Å². The summed E-state index contributed by atoms with van der Waals surface area (Å²) in [7, 11) is 0. The van der Waals surface area contributed by atoms with Gasteiger partial charge in [-0.2, -0.15) is 4.98 Å². The molecule has 0 amide bonds. The summed E-state index contributed by atoms with van der Waals surface area (Å²) >= 11 is 0. The molecule has 1 aromatic heterocycles. The predicted octanol–water partition coefficient (Wildman–Crippen LogP) is 1.64. The molecule has 1 aromatic carbocycles. The van der Waals surface area contributed by atoms with Gasteiger partial charge in [-0.15, -0.1) is 0 Å². The summed E-state index contributed by atoms with van der Waals surface area (Å²) in [6, 6.07) is 5.47. The normalized spacial score (nSPS) is 19.8. The number of carbonyl (C=O) groups is 1. The second-order valence-corrected chi connectivity index (χ2v) is 5.53. The Kier molecular flexibility index (Phi) is 4.75. The van der Waals surface area contributed by atoms with Gasteiger partial charge in [0.15, 0.2) is 11.6 Å². The van der Waals surface area contributed by atoms with Gasteiger partial charge in [-0.25, -0.2) is 18.4 Å². The van der Waals surface area contributed by atoms with Crippen LogP contribution >= 0.6 is 0 Å². The van der Waals surface area contributed by atoms with Crippen molar-refractivity contribution in [1.29, 1.82) is 0 Å². The molecule has 7 nitrogen and oxygen atoms in total. The van der Waals surface area contributed by atoms with E-state index in [-0.39, 0.29) is 12.2 Å².